The Balaban J connectivity index is 2.04. The van der Waals surface area contributed by atoms with E-state index in [1.165, 1.54) is 0 Å². The number of para-hydroxylation sites is 1. The number of hydrogen-bond acceptors (Lipinski definition) is 4. The maximum absolute atomic E-state index is 10.7. The van der Waals surface area contributed by atoms with Crippen molar-refractivity contribution in [2.24, 2.45) is 0 Å². The molecule has 5 nitrogen and oxygen atoms in total. The Bertz CT molecular complexity index is 426. The summed E-state index contributed by atoms with van der Waals surface area (Å²) in [6, 6.07) is 7.12. The molecule has 5 heteroatoms. The van der Waals surface area contributed by atoms with E-state index in [0.29, 0.717) is 17.9 Å². The molecule has 1 aliphatic heterocycles. The molecule has 2 rings (SSSR count). The fourth-order valence-electron chi connectivity index (χ4n) is 2.03. The first-order valence-corrected chi connectivity index (χ1v) is 6.44. The fraction of sp³-hybridized carbons (Fsp3) is 0.500. The number of aliphatic hydroxyl groups is 1. The normalized spacial score (nSPS) is 20.8. The van der Waals surface area contributed by atoms with Gasteiger partial charge in [0.2, 0.25) is 0 Å². The lowest BCUT2D eigenvalue weighted by Crippen LogP contribution is -2.26. The lowest BCUT2D eigenvalue weighted by atomic mass is 10.1. The zero-order chi connectivity index (χ0) is 13.7. The number of benzene rings is 1. The first-order chi connectivity index (χ1) is 9.16. The van der Waals surface area contributed by atoms with Gasteiger partial charge in [0.1, 0.15) is 5.75 Å². The van der Waals surface area contributed by atoms with Crippen molar-refractivity contribution in [2.75, 3.05) is 6.61 Å². The van der Waals surface area contributed by atoms with Crippen LogP contribution in [0.5, 0.6) is 5.75 Å². The van der Waals surface area contributed by atoms with E-state index in [0.717, 1.165) is 19.3 Å². The van der Waals surface area contributed by atoms with Crippen LogP contribution in [0.3, 0.4) is 0 Å². The summed E-state index contributed by atoms with van der Waals surface area (Å²) < 4.78 is 11.2. The second kappa shape index (κ2) is 6.54. The van der Waals surface area contributed by atoms with Crippen LogP contribution in [-0.4, -0.2) is 35.2 Å². The van der Waals surface area contributed by atoms with Crippen molar-refractivity contribution >= 4 is 5.97 Å². The Morgan fingerprint density at radius 3 is 2.89 bits per heavy atom. The lowest BCUT2D eigenvalue weighted by Gasteiger charge is -2.24. The second-order valence-corrected chi connectivity index (χ2v) is 4.58. The van der Waals surface area contributed by atoms with Gasteiger partial charge in [-0.15, -0.1) is 0 Å². The van der Waals surface area contributed by atoms with E-state index in [-0.39, 0.29) is 12.7 Å². The quantitative estimate of drug-likeness (QED) is 0.846. The molecule has 1 fully saturated rings. The number of carboxylic acid groups (broad SMARTS) is 1. The molecule has 0 aromatic heterocycles. The van der Waals surface area contributed by atoms with Crippen molar-refractivity contribution in [3.63, 3.8) is 0 Å². The molecule has 1 saturated heterocycles. The number of ether oxygens (including phenoxy) is 2. The standard InChI is InChI=1S/C14H18O5/c15-11(14(16)17)9-10-5-1-2-6-12(10)19-13-7-3-4-8-18-13/h1-2,5-6,11,13,15H,3-4,7-9H2,(H,16,17). The molecule has 19 heavy (non-hydrogen) atoms. The molecular formula is C14H18O5. The molecule has 0 spiro atoms. The van der Waals surface area contributed by atoms with Crippen LogP contribution < -0.4 is 4.74 Å². The zero-order valence-electron chi connectivity index (χ0n) is 10.6. The van der Waals surface area contributed by atoms with Crippen molar-refractivity contribution in [3.05, 3.63) is 29.8 Å². The van der Waals surface area contributed by atoms with Crippen LogP contribution in [0.2, 0.25) is 0 Å². The van der Waals surface area contributed by atoms with Gasteiger partial charge in [-0.2, -0.15) is 0 Å². The van der Waals surface area contributed by atoms with Crippen LogP contribution >= 0.6 is 0 Å². The Labute approximate surface area is 111 Å². The average Bonchev–Trinajstić information content (AvgIpc) is 2.42. The van der Waals surface area contributed by atoms with E-state index >= 15 is 0 Å². The van der Waals surface area contributed by atoms with E-state index < -0.39 is 12.1 Å². The Kier molecular flexibility index (Phi) is 4.76. The van der Waals surface area contributed by atoms with Crippen LogP contribution in [0.1, 0.15) is 24.8 Å². The number of aliphatic hydroxyl groups excluding tert-OH is 1. The molecule has 0 bridgehead atoms. The molecule has 0 amide bonds. The fourth-order valence-corrected chi connectivity index (χ4v) is 2.03. The van der Waals surface area contributed by atoms with Gasteiger partial charge >= 0.3 is 5.97 Å². The highest BCUT2D eigenvalue weighted by molar-refractivity contribution is 5.72. The van der Waals surface area contributed by atoms with E-state index in [9.17, 15) is 9.90 Å². The number of aliphatic carboxylic acids is 1. The van der Waals surface area contributed by atoms with Crippen molar-refractivity contribution in [1.82, 2.24) is 0 Å². The zero-order valence-corrected chi connectivity index (χ0v) is 10.6. The van der Waals surface area contributed by atoms with Crippen LogP contribution in [0.15, 0.2) is 24.3 Å². The van der Waals surface area contributed by atoms with Gasteiger partial charge in [-0.3, -0.25) is 0 Å². The Morgan fingerprint density at radius 2 is 2.21 bits per heavy atom. The van der Waals surface area contributed by atoms with Gasteiger partial charge in [0.05, 0.1) is 6.61 Å². The highest BCUT2D eigenvalue weighted by Crippen LogP contribution is 2.24. The second-order valence-electron chi connectivity index (χ2n) is 4.58. The van der Waals surface area contributed by atoms with Gasteiger partial charge in [0.25, 0.3) is 0 Å². The third-order valence-electron chi connectivity index (χ3n) is 3.07. The molecule has 2 atom stereocenters. The van der Waals surface area contributed by atoms with Crippen LogP contribution in [0.25, 0.3) is 0 Å². The van der Waals surface area contributed by atoms with E-state index in [1.54, 1.807) is 18.2 Å². The topological polar surface area (TPSA) is 76.0 Å². The van der Waals surface area contributed by atoms with Crippen molar-refractivity contribution in [2.45, 2.75) is 38.1 Å². The monoisotopic (exact) mass is 266 g/mol. The third kappa shape index (κ3) is 3.94. The van der Waals surface area contributed by atoms with E-state index in [1.807, 2.05) is 6.07 Å². The van der Waals surface area contributed by atoms with Gasteiger partial charge in [-0.1, -0.05) is 18.2 Å². The summed E-state index contributed by atoms with van der Waals surface area (Å²) in [5, 5.41) is 18.2. The van der Waals surface area contributed by atoms with Gasteiger partial charge < -0.3 is 19.7 Å². The number of carbonyl (C=O) groups is 1. The molecule has 1 aromatic carbocycles. The number of hydrogen-bond donors (Lipinski definition) is 2. The summed E-state index contributed by atoms with van der Waals surface area (Å²) in [6.07, 6.45) is 1.26. The molecule has 104 valence electrons. The summed E-state index contributed by atoms with van der Waals surface area (Å²) in [4.78, 5) is 10.7. The SMILES string of the molecule is O=C(O)C(O)Cc1ccccc1OC1CCCCO1. The lowest BCUT2D eigenvalue weighted by molar-refractivity contribution is -0.146. The highest BCUT2D eigenvalue weighted by atomic mass is 16.7. The first kappa shape index (κ1) is 13.8. The van der Waals surface area contributed by atoms with E-state index in [2.05, 4.69) is 0 Å². The molecule has 2 unspecified atom stereocenters. The van der Waals surface area contributed by atoms with E-state index in [4.69, 9.17) is 14.6 Å². The maximum atomic E-state index is 10.7. The largest absolute Gasteiger partial charge is 0.479 e. The Hall–Kier alpha value is -1.59. The van der Waals surface area contributed by atoms with Crippen LogP contribution in [-0.2, 0) is 16.0 Å². The number of rotatable bonds is 5. The molecular weight excluding hydrogens is 248 g/mol. The predicted molar refractivity (Wildman–Crippen MR) is 68.0 cm³/mol. The summed E-state index contributed by atoms with van der Waals surface area (Å²) in [5.41, 5.74) is 0.673. The molecule has 1 aliphatic rings. The van der Waals surface area contributed by atoms with Crippen molar-refractivity contribution < 1.29 is 24.5 Å². The average molecular weight is 266 g/mol. The molecule has 2 N–H and O–H groups in total. The Morgan fingerprint density at radius 1 is 1.42 bits per heavy atom. The molecule has 1 aromatic rings. The minimum absolute atomic E-state index is 0.0260. The van der Waals surface area contributed by atoms with Crippen molar-refractivity contribution in [3.8, 4) is 5.75 Å². The summed E-state index contributed by atoms with van der Waals surface area (Å²) >= 11 is 0. The van der Waals surface area contributed by atoms with Crippen LogP contribution in [0.4, 0.5) is 0 Å². The predicted octanol–water partition coefficient (Wildman–Crippen LogP) is 1.58. The van der Waals surface area contributed by atoms with Gasteiger partial charge in [-0.25, -0.2) is 4.79 Å². The number of carboxylic acids is 1. The molecule has 0 aliphatic carbocycles. The maximum Gasteiger partial charge on any atom is 0.332 e. The minimum Gasteiger partial charge on any atom is -0.479 e. The van der Waals surface area contributed by atoms with Gasteiger partial charge in [0.15, 0.2) is 12.4 Å². The van der Waals surface area contributed by atoms with Gasteiger partial charge in [-0.05, 0) is 24.5 Å². The highest BCUT2D eigenvalue weighted by Gasteiger charge is 2.19. The molecule has 1 heterocycles. The molecule has 0 saturated carbocycles. The molecule has 0 radical (unpaired) electrons. The minimum atomic E-state index is -1.42. The summed E-state index contributed by atoms with van der Waals surface area (Å²) in [7, 11) is 0. The van der Waals surface area contributed by atoms with Gasteiger partial charge in [0, 0.05) is 12.8 Å². The van der Waals surface area contributed by atoms with Crippen molar-refractivity contribution in [1.29, 1.82) is 0 Å². The smallest absolute Gasteiger partial charge is 0.332 e. The third-order valence-corrected chi connectivity index (χ3v) is 3.07. The summed E-state index contributed by atoms with van der Waals surface area (Å²) in [6.45, 7) is 0.685. The first-order valence-electron chi connectivity index (χ1n) is 6.44. The summed E-state index contributed by atoms with van der Waals surface area (Å²) in [5.74, 6) is -0.654. The van der Waals surface area contributed by atoms with Crippen LogP contribution in [0, 0.1) is 0 Å².